The van der Waals surface area contributed by atoms with Gasteiger partial charge in [0.05, 0.1) is 5.56 Å². The molecule has 0 bridgehead atoms. The van der Waals surface area contributed by atoms with Crippen molar-refractivity contribution in [2.24, 2.45) is 0 Å². The number of aromatic amines is 1. The molecule has 0 fully saturated rings. The maximum Gasteiger partial charge on any atom is 0.259 e. The van der Waals surface area contributed by atoms with E-state index in [1.807, 2.05) is 18.5 Å². The predicted octanol–water partition coefficient (Wildman–Crippen LogP) is 2.02. The SMILES string of the molecule is CCCc1noc(-c2cc[nH]c2)n1. The number of aryl methyl sites for hydroxylation is 1. The first kappa shape index (κ1) is 8.04. The van der Waals surface area contributed by atoms with Gasteiger partial charge in [0.15, 0.2) is 5.82 Å². The van der Waals surface area contributed by atoms with E-state index in [1.165, 1.54) is 0 Å². The van der Waals surface area contributed by atoms with Gasteiger partial charge in [-0.2, -0.15) is 4.98 Å². The zero-order valence-electron chi connectivity index (χ0n) is 7.45. The summed E-state index contributed by atoms with van der Waals surface area (Å²) in [6.07, 6.45) is 5.57. The zero-order valence-corrected chi connectivity index (χ0v) is 7.45. The molecule has 0 aliphatic heterocycles. The summed E-state index contributed by atoms with van der Waals surface area (Å²) in [4.78, 5) is 7.19. The van der Waals surface area contributed by atoms with Crippen LogP contribution in [0.1, 0.15) is 19.2 Å². The average Bonchev–Trinajstić information content (AvgIpc) is 2.70. The summed E-state index contributed by atoms with van der Waals surface area (Å²) >= 11 is 0. The van der Waals surface area contributed by atoms with Gasteiger partial charge in [0.25, 0.3) is 5.89 Å². The Morgan fingerprint density at radius 1 is 1.54 bits per heavy atom. The van der Waals surface area contributed by atoms with Crippen LogP contribution >= 0.6 is 0 Å². The Balaban J connectivity index is 2.23. The minimum atomic E-state index is 0.588. The van der Waals surface area contributed by atoms with Gasteiger partial charge in [-0.05, 0) is 12.5 Å². The maximum atomic E-state index is 5.08. The largest absolute Gasteiger partial charge is 0.367 e. The molecule has 0 aromatic carbocycles. The van der Waals surface area contributed by atoms with Gasteiger partial charge >= 0.3 is 0 Å². The highest BCUT2D eigenvalue weighted by Crippen LogP contribution is 2.15. The molecule has 4 heteroatoms. The van der Waals surface area contributed by atoms with Gasteiger partial charge < -0.3 is 9.51 Å². The van der Waals surface area contributed by atoms with E-state index in [1.54, 1.807) is 0 Å². The van der Waals surface area contributed by atoms with Gasteiger partial charge in [-0.1, -0.05) is 12.1 Å². The van der Waals surface area contributed by atoms with Crippen LogP contribution in [-0.2, 0) is 6.42 Å². The lowest BCUT2D eigenvalue weighted by Gasteiger charge is -1.84. The van der Waals surface area contributed by atoms with E-state index in [-0.39, 0.29) is 0 Å². The Bertz CT molecular complexity index is 364. The van der Waals surface area contributed by atoms with Gasteiger partial charge in [0, 0.05) is 18.8 Å². The normalized spacial score (nSPS) is 10.5. The monoisotopic (exact) mass is 177 g/mol. The molecule has 68 valence electrons. The fourth-order valence-electron chi connectivity index (χ4n) is 1.15. The first-order valence-corrected chi connectivity index (χ1v) is 4.36. The van der Waals surface area contributed by atoms with Crippen LogP contribution in [0.25, 0.3) is 11.5 Å². The average molecular weight is 177 g/mol. The van der Waals surface area contributed by atoms with Crippen LogP contribution in [0.3, 0.4) is 0 Å². The van der Waals surface area contributed by atoms with Crippen LogP contribution in [0, 0.1) is 0 Å². The van der Waals surface area contributed by atoms with Crippen LogP contribution in [0.15, 0.2) is 23.0 Å². The summed E-state index contributed by atoms with van der Waals surface area (Å²) in [5.74, 6) is 1.36. The number of H-pyrrole nitrogens is 1. The van der Waals surface area contributed by atoms with Crippen LogP contribution in [0.5, 0.6) is 0 Å². The van der Waals surface area contributed by atoms with Gasteiger partial charge in [0.2, 0.25) is 0 Å². The Kier molecular flexibility index (Phi) is 2.12. The van der Waals surface area contributed by atoms with Crippen molar-refractivity contribution >= 4 is 0 Å². The Morgan fingerprint density at radius 3 is 3.15 bits per heavy atom. The van der Waals surface area contributed by atoms with E-state index in [2.05, 4.69) is 22.0 Å². The van der Waals surface area contributed by atoms with E-state index in [0.717, 1.165) is 24.2 Å². The number of rotatable bonds is 3. The highest BCUT2D eigenvalue weighted by atomic mass is 16.5. The van der Waals surface area contributed by atoms with E-state index in [4.69, 9.17) is 4.52 Å². The number of hydrogen-bond donors (Lipinski definition) is 1. The molecular formula is C9H11N3O. The molecular weight excluding hydrogens is 166 g/mol. The molecule has 1 N–H and O–H groups in total. The third-order valence-electron chi connectivity index (χ3n) is 1.79. The third kappa shape index (κ3) is 1.61. The second-order valence-corrected chi connectivity index (χ2v) is 2.87. The summed E-state index contributed by atoms with van der Waals surface area (Å²) in [5, 5.41) is 3.86. The molecule has 0 spiro atoms. The summed E-state index contributed by atoms with van der Waals surface area (Å²) in [6.45, 7) is 2.09. The Hall–Kier alpha value is -1.58. The highest BCUT2D eigenvalue weighted by molar-refractivity contribution is 5.50. The number of hydrogen-bond acceptors (Lipinski definition) is 3. The lowest BCUT2D eigenvalue weighted by atomic mass is 10.3. The molecule has 2 aromatic rings. The van der Waals surface area contributed by atoms with E-state index in [9.17, 15) is 0 Å². The summed E-state index contributed by atoms with van der Waals surface area (Å²) in [6, 6.07) is 1.91. The van der Waals surface area contributed by atoms with Crippen molar-refractivity contribution in [3.8, 4) is 11.5 Å². The Labute approximate surface area is 76.0 Å². The Morgan fingerprint density at radius 2 is 2.46 bits per heavy atom. The van der Waals surface area contributed by atoms with Crippen LogP contribution in [0.4, 0.5) is 0 Å². The second kappa shape index (κ2) is 3.43. The van der Waals surface area contributed by atoms with Crippen LogP contribution < -0.4 is 0 Å². The van der Waals surface area contributed by atoms with Gasteiger partial charge in [-0.3, -0.25) is 0 Å². The minimum absolute atomic E-state index is 0.588. The minimum Gasteiger partial charge on any atom is -0.367 e. The van der Waals surface area contributed by atoms with E-state index < -0.39 is 0 Å². The first-order valence-electron chi connectivity index (χ1n) is 4.36. The van der Waals surface area contributed by atoms with Gasteiger partial charge in [-0.15, -0.1) is 0 Å². The molecule has 2 aromatic heterocycles. The maximum absolute atomic E-state index is 5.08. The smallest absolute Gasteiger partial charge is 0.259 e. The fraction of sp³-hybridized carbons (Fsp3) is 0.333. The van der Waals surface area contributed by atoms with Crippen molar-refractivity contribution in [3.63, 3.8) is 0 Å². The van der Waals surface area contributed by atoms with E-state index >= 15 is 0 Å². The first-order chi connectivity index (χ1) is 6.40. The van der Waals surface area contributed by atoms with Gasteiger partial charge in [0.1, 0.15) is 0 Å². The van der Waals surface area contributed by atoms with Crippen LogP contribution in [-0.4, -0.2) is 15.1 Å². The van der Waals surface area contributed by atoms with Crippen molar-refractivity contribution in [3.05, 3.63) is 24.3 Å². The lowest BCUT2D eigenvalue weighted by Crippen LogP contribution is -1.84. The molecule has 0 unspecified atom stereocenters. The topological polar surface area (TPSA) is 54.7 Å². The summed E-state index contributed by atoms with van der Waals surface area (Å²) in [5.41, 5.74) is 0.940. The van der Waals surface area contributed by atoms with E-state index in [0.29, 0.717) is 5.89 Å². The second-order valence-electron chi connectivity index (χ2n) is 2.87. The van der Waals surface area contributed by atoms with Crippen molar-refractivity contribution in [2.75, 3.05) is 0 Å². The molecule has 0 amide bonds. The van der Waals surface area contributed by atoms with Crippen molar-refractivity contribution < 1.29 is 4.52 Å². The predicted molar refractivity (Wildman–Crippen MR) is 48.1 cm³/mol. The van der Waals surface area contributed by atoms with Gasteiger partial charge in [-0.25, -0.2) is 0 Å². The molecule has 0 radical (unpaired) electrons. The number of aromatic nitrogens is 3. The lowest BCUT2D eigenvalue weighted by molar-refractivity contribution is 0.422. The quantitative estimate of drug-likeness (QED) is 0.780. The molecule has 4 nitrogen and oxygen atoms in total. The van der Waals surface area contributed by atoms with Crippen molar-refractivity contribution in [1.29, 1.82) is 0 Å². The number of nitrogens with zero attached hydrogens (tertiary/aromatic N) is 2. The summed E-state index contributed by atoms with van der Waals surface area (Å²) in [7, 11) is 0. The van der Waals surface area contributed by atoms with Crippen molar-refractivity contribution in [1.82, 2.24) is 15.1 Å². The molecule has 13 heavy (non-hydrogen) atoms. The molecule has 0 saturated carbocycles. The van der Waals surface area contributed by atoms with Crippen LogP contribution in [0.2, 0.25) is 0 Å². The third-order valence-corrected chi connectivity index (χ3v) is 1.79. The summed E-state index contributed by atoms with van der Waals surface area (Å²) < 4.78 is 5.08. The number of nitrogens with one attached hydrogen (secondary N) is 1. The molecule has 0 saturated heterocycles. The fourth-order valence-corrected chi connectivity index (χ4v) is 1.15. The standard InChI is InChI=1S/C9H11N3O/c1-2-3-8-11-9(13-12-8)7-4-5-10-6-7/h4-6,10H,2-3H2,1H3. The highest BCUT2D eigenvalue weighted by Gasteiger charge is 2.07. The van der Waals surface area contributed by atoms with Crippen molar-refractivity contribution in [2.45, 2.75) is 19.8 Å². The molecule has 0 aliphatic carbocycles. The molecule has 0 atom stereocenters. The zero-order chi connectivity index (χ0) is 9.10. The molecule has 2 heterocycles. The molecule has 0 aliphatic rings. The molecule has 2 rings (SSSR count).